The lowest BCUT2D eigenvalue weighted by molar-refractivity contribution is -0.192. The highest BCUT2D eigenvalue weighted by Crippen LogP contribution is 2.47. The number of rotatable bonds is 14. The summed E-state index contributed by atoms with van der Waals surface area (Å²) in [5.74, 6) is -4.45. The number of aliphatic carboxylic acids is 3. The van der Waals surface area contributed by atoms with Crippen molar-refractivity contribution in [2.75, 3.05) is 24.4 Å². The Bertz CT molecular complexity index is 1130. The largest absolute Gasteiger partial charge is 0.481 e. The van der Waals surface area contributed by atoms with Gasteiger partial charge in [0.15, 0.2) is 8.68 Å². The van der Waals surface area contributed by atoms with Crippen molar-refractivity contribution in [1.82, 2.24) is 20.4 Å². The number of nitrogens with one attached hydrogen (secondary N) is 1. The molecule has 1 saturated heterocycles. The van der Waals surface area contributed by atoms with Crippen LogP contribution in [0.5, 0.6) is 0 Å². The molecule has 202 valence electrons. The first kappa shape index (κ1) is 29.2. The summed E-state index contributed by atoms with van der Waals surface area (Å²) in [7, 11) is 1.24. The third kappa shape index (κ3) is 6.55. The quantitative estimate of drug-likeness (QED) is 0.110. The zero-order valence-corrected chi connectivity index (χ0v) is 22.5. The van der Waals surface area contributed by atoms with Crippen LogP contribution in [0.2, 0.25) is 0 Å². The number of hydrogen-bond acceptors (Lipinski definition) is 13. The number of nitrogens with two attached hydrogens (primary N) is 1. The number of carbonyl (C=O) groups is 5. The van der Waals surface area contributed by atoms with Crippen molar-refractivity contribution in [3.8, 4) is 0 Å². The van der Waals surface area contributed by atoms with Crippen LogP contribution in [0.1, 0.15) is 19.3 Å². The average Bonchev–Trinajstić information content (AvgIpc) is 3.31. The van der Waals surface area contributed by atoms with Crippen molar-refractivity contribution in [1.29, 1.82) is 0 Å². The van der Waals surface area contributed by atoms with E-state index in [9.17, 15) is 29.1 Å². The number of nitrogens with zero attached hydrogens (tertiary/aromatic N) is 3. The molecule has 6 N–H and O–H groups in total. The minimum Gasteiger partial charge on any atom is -0.481 e. The molecule has 0 spiro atoms. The van der Waals surface area contributed by atoms with Crippen molar-refractivity contribution in [3.05, 3.63) is 11.3 Å². The van der Waals surface area contributed by atoms with Gasteiger partial charge in [0.1, 0.15) is 17.1 Å². The molecule has 1 aromatic rings. The van der Waals surface area contributed by atoms with E-state index in [1.807, 2.05) is 0 Å². The Morgan fingerprint density at radius 3 is 2.51 bits per heavy atom. The average molecular weight is 594 g/mol. The molecule has 3 atom stereocenters. The van der Waals surface area contributed by atoms with Crippen molar-refractivity contribution >= 4 is 76.3 Å². The SMILES string of the molecule is COC1(NC(=O)CCCC(N)C(=O)O)C(=O)N2C(C(=O)O)=C(CSc3nnc(SCC(=O)O)s3)CSC21. The molecule has 14 nitrogen and oxygen atoms in total. The number of carbonyl (C=O) groups excluding carboxylic acids is 2. The fourth-order valence-corrected chi connectivity index (χ4v) is 7.83. The normalized spacial score (nSPS) is 21.7. The lowest BCUT2D eigenvalue weighted by Gasteiger charge is -2.55. The van der Waals surface area contributed by atoms with E-state index in [1.54, 1.807) is 0 Å². The van der Waals surface area contributed by atoms with Gasteiger partial charge in [-0.2, -0.15) is 0 Å². The van der Waals surface area contributed by atoms with Crippen molar-refractivity contribution in [3.63, 3.8) is 0 Å². The fourth-order valence-electron chi connectivity index (χ4n) is 3.52. The van der Waals surface area contributed by atoms with E-state index in [0.29, 0.717) is 14.3 Å². The number of β-lactam (4-membered cyclic amide) rings is 1. The predicted octanol–water partition coefficient (Wildman–Crippen LogP) is 0.102. The maximum absolute atomic E-state index is 13.1. The zero-order valence-electron chi connectivity index (χ0n) is 19.2. The van der Waals surface area contributed by atoms with E-state index in [2.05, 4.69) is 15.5 Å². The predicted molar refractivity (Wildman–Crippen MR) is 134 cm³/mol. The molecule has 0 radical (unpaired) electrons. The number of carboxylic acids is 3. The number of fused-ring (bicyclic) bond motifs is 1. The summed E-state index contributed by atoms with van der Waals surface area (Å²) in [4.78, 5) is 60.3. The molecule has 2 aliphatic rings. The Morgan fingerprint density at radius 1 is 1.24 bits per heavy atom. The topological polar surface area (TPSA) is 222 Å². The van der Waals surface area contributed by atoms with Gasteiger partial charge in [-0.1, -0.05) is 34.9 Å². The lowest BCUT2D eigenvalue weighted by atomic mass is 9.98. The third-order valence-corrected chi connectivity index (χ3v) is 9.91. The van der Waals surface area contributed by atoms with Gasteiger partial charge < -0.3 is 31.1 Å². The van der Waals surface area contributed by atoms with Crippen LogP contribution in [-0.4, -0.2) is 102 Å². The first-order chi connectivity index (χ1) is 17.5. The van der Waals surface area contributed by atoms with Gasteiger partial charge in [-0.15, -0.1) is 22.0 Å². The first-order valence-corrected chi connectivity index (χ1v) is 14.4. The second kappa shape index (κ2) is 12.4. The van der Waals surface area contributed by atoms with E-state index in [4.69, 9.17) is 20.7 Å². The molecule has 3 unspecified atom stereocenters. The molecule has 37 heavy (non-hydrogen) atoms. The summed E-state index contributed by atoms with van der Waals surface area (Å²) < 4.78 is 6.38. The number of hydrogen-bond donors (Lipinski definition) is 5. The summed E-state index contributed by atoms with van der Waals surface area (Å²) in [5.41, 5.74) is 3.97. The van der Waals surface area contributed by atoms with Gasteiger partial charge in [-0.3, -0.25) is 24.1 Å². The van der Waals surface area contributed by atoms with Crippen LogP contribution in [0, 0.1) is 0 Å². The second-order valence-electron chi connectivity index (χ2n) is 7.73. The van der Waals surface area contributed by atoms with Crippen LogP contribution in [-0.2, 0) is 28.7 Å². The Morgan fingerprint density at radius 2 is 1.92 bits per heavy atom. The maximum atomic E-state index is 13.1. The van der Waals surface area contributed by atoms with E-state index in [0.717, 1.165) is 16.7 Å². The minimum atomic E-state index is -1.74. The van der Waals surface area contributed by atoms with Crippen LogP contribution in [0.25, 0.3) is 0 Å². The van der Waals surface area contributed by atoms with Gasteiger partial charge >= 0.3 is 17.9 Å². The fraction of sp³-hybridized carbons (Fsp3) is 0.526. The number of ether oxygens (including phenoxy) is 1. The number of aromatic nitrogens is 2. The van der Waals surface area contributed by atoms with Gasteiger partial charge in [-0.25, -0.2) is 4.79 Å². The van der Waals surface area contributed by atoms with Gasteiger partial charge in [0.2, 0.25) is 5.91 Å². The molecule has 18 heteroatoms. The molecule has 2 aliphatic heterocycles. The molecule has 0 aliphatic carbocycles. The molecule has 2 amide bonds. The van der Waals surface area contributed by atoms with Crippen molar-refractivity contribution in [2.24, 2.45) is 5.73 Å². The molecular formula is C19H23N5O9S4. The van der Waals surface area contributed by atoms with Crippen molar-refractivity contribution in [2.45, 2.75) is 45.1 Å². The highest BCUT2D eigenvalue weighted by atomic mass is 32.2. The van der Waals surface area contributed by atoms with E-state index in [1.165, 1.54) is 42.0 Å². The highest BCUT2D eigenvalue weighted by Gasteiger charge is 2.66. The van der Waals surface area contributed by atoms with E-state index in [-0.39, 0.29) is 42.2 Å². The summed E-state index contributed by atoms with van der Waals surface area (Å²) in [6.45, 7) is 0. The molecule has 1 fully saturated rings. The van der Waals surface area contributed by atoms with Gasteiger partial charge in [-0.05, 0) is 18.4 Å². The molecule has 3 heterocycles. The lowest BCUT2D eigenvalue weighted by Crippen LogP contribution is -2.80. The van der Waals surface area contributed by atoms with Gasteiger partial charge in [0, 0.05) is 25.0 Å². The van der Waals surface area contributed by atoms with E-state index >= 15 is 0 Å². The zero-order chi connectivity index (χ0) is 27.3. The van der Waals surface area contributed by atoms with Crippen LogP contribution in [0.4, 0.5) is 0 Å². The molecule has 3 rings (SSSR count). The molecule has 0 saturated carbocycles. The third-order valence-electron chi connectivity index (χ3n) is 5.27. The van der Waals surface area contributed by atoms with Crippen LogP contribution in [0.15, 0.2) is 19.9 Å². The summed E-state index contributed by atoms with van der Waals surface area (Å²) in [5, 5.41) is 37.1. The minimum absolute atomic E-state index is 0.0717. The van der Waals surface area contributed by atoms with E-state index < -0.39 is 46.9 Å². The monoisotopic (exact) mass is 593 g/mol. The number of carboxylic acid groups (broad SMARTS) is 3. The highest BCUT2D eigenvalue weighted by molar-refractivity contribution is 8.03. The Balaban J connectivity index is 1.66. The molecule has 0 aromatic carbocycles. The summed E-state index contributed by atoms with van der Waals surface area (Å²) in [6.07, 6.45) is 0.162. The van der Waals surface area contributed by atoms with Crippen LogP contribution in [0.3, 0.4) is 0 Å². The number of thioether (sulfide) groups is 3. The molecule has 1 aromatic heterocycles. The van der Waals surface area contributed by atoms with Gasteiger partial charge in [0.25, 0.3) is 11.6 Å². The molecule has 0 bridgehead atoms. The standard InChI is InChI=1S/C19H23N5O9S4/c1-33-19(21-10(25)4-2-3-9(20)13(28)29)15(32)24-12(14(30)31)8(5-34-16(19)24)6-35-17-22-23-18(37-17)36-7-11(26)27/h9,16H,2-7,20H2,1H3,(H,21,25)(H,26,27)(H,28,29)(H,30,31). The second-order valence-corrected chi connectivity index (χ2v) is 12.2. The number of amides is 2. The van der Waals surface area contributed by atoms with Crippen LogP contribution < -0.4 is 11.1 Å². The summed E-state index contributed by atoms with van der Waals surface area (Å²) in [6, 6.07) is -1.10. The Labute approximate surface area is 226 Å². The summed E-state index contributed by atoms with van der Waals surface area (Å²) >= 11 is 4.67. The van der Waals surface area contributed by atoms with Crippen molar-refractivity contribution < 1.29 is 44.0 Å². The Hall–Kier alpha value is -2.38. The van der Waals surface area contributed by atoms with Crippen LogP contribution >= 0.6 is 46.6 Å². The maximum Gasteiger partial charge on any atom is 0.352 e. The molecular weight excluding hydrogens is 571 g/mol. The smallest absolute Gasteiger partial charge is 0.352 e. The number of methoxy groups -OCH3 is 1. The van der Waals surface area contributed by atoms with Gasteiger partial charge in [0.05, 0.1) is 5.75 Å². The first-order valence-electron chi connectivity index (χ1n) is 10.6. The Kier molecular flexibility index (Phi) is 9.81.